The highest BCUT2D eigenvalue weighted by Gasteiger charge is 2.59. The average molecular weight is 459 g/mol. The van der Waals surface area contributed by atoms with E-state index in [0.29, 0.717) is 35.2 Å². The normalized spacial score (nSPS) is 46.0. The van der Waals surface area contributed by atoms with Crippen molar-refractivity contribution in [2.75, 3.05) is 6.61 Å². The van der Waals surface area contributed by atoms with Crippen molar-refractivity contribution in [1.29, 1.82) is 0 Å². The first-order chi connectivity index (χ1) is 15.8. The summed E-state index contributed by atoms with van der Waals surface area (Å²) in [5.41, 5.74) is 2.44. The predicted molar refractivity (Wildman–Crippen MR) is 130 cm³/mol. The minimum Gasteiger partial charge on any atom is -0.481 e. The Morgan fingerprint density at radius 3 is 2.76 bits per heavy atom. The second-order valence-corrected chi connectivity index (χ2v) is 12.7. The fourth-order valence-electron chi connectivity index (χ4n) is 9.30. The Hall–Kier alpha value is -0.870. The molecule has 0 radical (unpaired) electrons. The molecule has 0 amide bonds. The number of carboxylic acid groups (broad SMARTS) is 1. The van der Waals surface area contributed by atoms with Gasteiger partial charge in [0.15, 0.2) is 6.29 Å². The predicted octanol–water partition coefficient (Wildman–Crippen LogP) is 6.98. The standard InChI is InChI=1S/C29H46O4/c1-19(7-12-26(30)31)23-10-11-24-22-9-8-20-18-21(33-27-6-4-5-17-32-27)13-15-28(20,2)25(22)14-16-29(23,24)3/h8,19,21-25,27H,4-7,9-18H2,1-3H3,(H,30,31)/t19-,21+,22+,23?,24+,25+,27?,28+,29-/m1/s1. The highest BCUT2D eigenvalue weighted by atomic mass is 16.7. The molecule has 4 aliphatic carbocycles. The van der Waals surface area contributed by atoms with Crippen LogP contribution in [-0.2, 0) is 14.3 Å². The minimum atomic E-state index is -0.641. The maximum Gasteiger partial charge on any atom is 0.303 e. The number of carboxylic acids is 1. The quantitative estimate of drug-likeness (QED) is 0.436. The van der Waals surface area contributed by atoms with Crippen LogP contribution in [-0.4, -0.2) is 30.1 Å². The summed E-state index contributed by atoms with van der Waals surface area (Å²) in [6.07, 6.45) is 17.8. The number of rotatable bonds is 6. The molecule has 1 aliphatic heterocycles. The Balaban J connectivity index is 1.27. The molecule has 0 aromatic heterocycles. The number of fused-ring (bicyclic) bond motifs is 5. The van der Waals surface area contributed by atoms with Gasteiger partial charge in [-0.1, -0.05) is 32.4 Å². The van der Waals surface area contributed by atoms with E-state index >= 15 is 0 Å². The molecule has 9 atom stereocenters. The highest BCUT2D eigenvalue weighted by molar-refractivity contribution is 5.66. The molecular weight excluding hydrogens is 412 g/mol. The minimum absolute atomic E-state index is 0.0268. The SMILES string of the molecule is C[C@H](CCC(=O)O)C1CC[C@H]2[C@@H]3CC=C4C[C@@H](OC5CCCCO5)CC[C@]4(C)[C@H]3CC[C@]12C. The molecule has 186 valence electrons. The zero-order chi connectivity index (χ0) is 23.2. The van der Waals surface area contributed by atoms with Gasteiger partial charge < -0.3 is 14.6 Å². The molecule has 2 unspecified atom stereocenters. The third-order valence-electron chi connectivity index (χ3n) is 11.1. The highest BCUT2D eigenvalue weighted by Crippen LogP contribution is 2.67. The van der Waals surface area contributed by atoms with Gasteiger partial charge in [0.1, 0.15) is 0 Å². The third kappa shape index (κ3) is 4.33. The molecule has 4 heteroatoms. The van der Waals surface area contributed by atoms with Crippen LogP contribution < -0.4 is 0 Å². The van der Waals surface area contributed by atoms with Crippen LogP contribution >= 0.6 is 0 Å². The molecule has 4 nitrogen and oxygen atoms in total. The van der Waals surface area contributed by atoms with Gasteiger partial charge in [0.05, 0.1) is 6.10 Å². The lowest BCUT2D eigenvalue weighted by Gasteiger charge is -2.58. The molecule has 0 aromatic carbocycles. The van der Waals surface area contributed by atoms with Crippen LogP contribution in [0.15, 0.2) is 11.6 Å². The van der Waals surface area contributed by atoms with Crippen LogP contribution in [0.25, 0.3) is 0 Å². The van der Waals surface area contributed by atoms with Crippen LogP contribution in [0.2, 0.25) is 0 Å². The van der Waals surface area contributed by atoms with Crippen LogP contribution in [0.4, 0.5) is 0 Å². The monoisotopic (exact) mass is 458 g/mol. The van der Waals surface area contributed by atoms with Crippen LogP contribution in [0.3, 0.4) is 0 Å². The Morgan fingerprint density at radius 1 is 1.15 bits per heavy atom. The van der Waals surface area contributed by atoms with E-state index in [1.165, 1.54) is 57.8 Å². The molecule has 3 saturated carbocycles. The smallest absolute Gasteiger partial charge is 0.303 e. The van der Waals surface area contributed by atoms with Crippen LogP contribution in [0, 0.1) is 40.4 Å². The lowest BCUT2D eigenvalue weighted by molar-refractivity contribution is -0.195. The topological polar surface area (TPSA) is 55.8 Å². The summed E-state index contributed by atoms with van der Waals surface area (Å²) in [6, 6.07) is 0. The Bertz CT molecular complexity index is 755. The summed E-state index contributed by atoms with van der Waals surface area (Å²) < 4.78 is 12.3. The van der Waals surface area contributed by atoms with E-state index in [1.54, 1.807) is 5.57 Å². The van der Waals surface area contributed by atoms with Gasteiger partial charge in [0, 0.05) is 13.0 Å². The summed E-state index contributed by atoms with van der Waals surface area (Å²) in [6.45, 7) is 8.33. The van der Waals surface area contributed by atoms with Gasteiger partial charge in [-0.2, -0.15) is 0 Å². The summed E-state index contributed by atoms with van der Waals surface area (Å²) in [5.74, 6) is 3.02. The summed E-state index contributed by atoms with van der Waals surface area (Å²) >= 11 is 0. The van der Waals surface area contributed by atoms with E-state index in [9.17, 15) is 9.90 Å². The summed E-state index contributed by atoms with van der Waals surface area (Å²) in [4.78, 5) is 11.2. The van der Waals surface area contributed by atoms with Gasteiger partial charge in [-0.15, -0.1) is 0 Å². The number of allylic oxidation sites excluding steroid dienone is 1. The van der Waals surface area contributed by atoms with Crippen molar-refractivity contribution >= 4 is 5.97 Å². The van der Waals surface area contributed by atoms with Crippen molar-refractivity contribution in [2.24, 2.45) is 40.4 Å². The number of hydrogen-bond donors (Lipinski definition) is 1. The number of carbonyl (C=O) groups is 1. The summed E-state index contributed by atoms with van der Waals surface area (Å²) in [7, 11) is 0. The molecule has 0 aromatic rings. The Morgan fingerprint density at radius 2 is 2.00 bits per heavy atom. The lowest BCUT2D eigenvalue weighted by atomic mass is 9.47. The molecule has 5 aliphatic rings. The maximum absolute atomic E-state index is 11.2. The van der Waals surface area contributed by atoms with Gasteiger partial charge in [-0.25, -0.2) is 0 Å². The fourth-order valence-corrected chi connectivity index (χ4v) is 9.30. The number of ether oxygens (including phenoxy) is 2. The van der Waals surface area contributed by atoms with Crippen molar-refractivity contribution < 1.29 is 19.4 Å². The van der Waals surface area contributed by atoms with Gasteiger partial charge in [0.25, 0.3) is 0 Å². The number of aliphatic carboxylic acids is 1. The Labute approximate surface area is 200 Å². The molecule has 33 heavy (non-hydrogen) atoms. The third-order valence-corrected chi connectivity index (χ3v) is 11.1. The molecule has 1 saturated heterocycles. The molecule has 1 heterocycles. The van der Waals surface area contributed by atoms with Gasteiger partial charge in [-0.3, -0.25) is 4.79 Å². The molecule has 1 N–H and O–H groups in total. The average Bonchev–Trinajstić information content (AvgIpc) is 3.16. The molecule has 0 bridgehead atoms. The summed E-state index contributed by atoms with van der Waals surface area (Å²) in [5, 5.41) is 9.18. The van der Waals surface area contributed by atoms with E-state index in [1.807, 2.05) is 0 Å². The molecule has 5 rings (SSSR count). The van der Waals surface area contributed by atoms with Crippen LogP contribution in [0.1, 0.15) is 104 Å². The molecular formula is C29H46O4. The van der Waals surface area contributed by atoms with E-state index in [2.05, 4.69) is 26.8 Å². The van der Waals surface area contributed by atoms with Crippen molar-refractivity contribution in [1.82, 2.24) is 0 Å². The van der Waals surface area contributed by atoms with Crippen molar-refractivity contribution in [3.8, 4) is 0 Å². The lowest BCUT2D eigenvalue weighted by Crippen LogP contribution is -2.51. The largest absolute Gasteiger partial charge is 0.481 e. The first-order valence-electron chi connectivity index (χ1n) is 14.0. The van der Waals surface area contributed by atoms with Crippen molar-refractivity contribution in [2.45, 2.75) is 117 Å². The van der Waals surface area contributed by atoms with E-state index in [0.717, 1.165) is 43.6 Å². The second kappa shape index (κ2) is 9.30. The molecule has 0 spiro atoms. The number of hydrogen-bond acceptors (Lipinski definition) is 3. The van der Waals surface area contributed by atoms with Gasteiger partial charge in [0.2, 0.25) is 0 Å². The van der Waals surface area contributed by atoms with E-state index in [4.69, 9.17) is 9.47 Å². The van der Waals surface area contributed by atoms with Crippen molar-refractivity contribution in [3.63, 3.8) is 0 Å². The maximum atomic E-state index is 11.2. The first kappa shape index (κ1) is 23.9. The van der Waals surface area contributed by atoms with Gasteiger partial charge in [-0.05, 0) is 117 Å². The van der Waals surface area contributed by atoms with E-state index < -0.39 is 5.97 Å². The zero-order valence-corrected chi connectivity index (χ0v) is 21.2. The van der Waals surface area contributed by atoms with Crippen molar-refractivity contribution in [3.05, 3.63) is 11.6 Å². The fraction of sp³-hybridized carbons (Fsp3) is 0.897. The Kier molecular flexibility index (Phi) is 6.72. The van der Waals surface area contributed by atoms with Crippen LogP contribution in [0.5, 0.6) is 0 Å². The van der Waals surface area contributed by atoms with Gasteiger partial charge >= 0.3 is 5.97 Å². The molecule has 4 fully saturated rings. The van der Waals surface area contributed by atoms with E-state index in [-0.39, 0.29) is 6.29 Å². The zero-order valence-electron chi connectivity index (χ0n) is 21.2. The second-order valence-electron chi connectivity index (χ2n) is 12.7. The first-order valence-corrected chi connectivity index (χ1v) is 14.0.